The molecule has 0 saturated carbocycles. The number of aromatic nitrogens is 3. The van der Waals surface area contributed by atoms with Gasteiger partial charge in [-0.1, -0.05) is 27.7 Å². The van der Waals surface area contributed by atoms with Crippen LogP contribution in [0.5, 0.6) is 0 Å². The van der Waals surface area contributed by atoms with Crippen LogP contribution in [0.25, 0.3) is 11.0 Å². The molecule has 2 aromatic heterocycles. The molecule has 5 unspecified atom stereocenters. The Hall–Kier alpha value is -1.59. The number of hydrogen-bond donors (Lipinski definition) is 5. The second-order valence-corrected chi connectivity index (χ2v) is 10.7. The van der Waals surface area contributed by atoms with E-state index in [4.69, 9.17) is 15.0 Å². The van der Waals surface area contributed by atoms with Crippen molar-refractivity contribution in [3.8, 4) is 0 Å². The second-order valence-electron chi connectivity index (χ2n) is 8.66. The first-order valence-electron chi connectivity index (χ1n) is 11.3. The molecule has 0 aromatic carbocycles. The van der Waals surface area contributed by atoms with E-state index in [0.29, 0.717) is 23.9 Å². The number of nitrogen functional groups attached to an aromatic ring is 1. The SMILES string of the molecule is CCC(CC)(CC1OC(n2ccc3c(N)ncnc32)C(O)C1O)OP(=O)(O)C(O)(CC)CC. The molecule has 0 bridgehead atoms. The molecule has 2 aromatic rings. The topological polar surface area (TPSA) is 173 Å². The predicted octanol–water partition coefficient (Wildman–Crippen LogP) is 2.29. The summed E-state index contributed by atoms with van der Waals surface area (Å²) in [4.78, 5) is 18.8. The average Bonchev–Trinajstić information content (AvgIpc) is 3.35. The van der Waals surface area contributed by atoms with Crippen molar-refractivity contribution in [3.05, 3.63) is 18.6 Å². The fraction of sp³-hybridized carbons (Fsp3) is 0.714. The minimum Gasteiger partial charge on any atom is -0.388 e. The lowest BCUT2D eigenvalue weighted by molar-refractivity contribution is -0.0760. The van der Waals surface area contributed by atoms with E-state index in [1.54, 1.807) is 44.5 Å². The number of hydrogen-bond acceptors (Lipinski definition) is 9. The second kappa shape index (κ2) is 9.58. The van der Waals surface area contributed by atoms with Crippen LogP contribution < -0.4 is 5.73 Å². The maximum atomic E-state index is 13.1. The summed E-state index contributed by atoms with van der Waals surface area (Å²) in [5.41, 5.74) is 5.18. The van der Waals surface area contributed by atoms with Gasteiger partial charge < -0.3 is 35.3 Å². The maximum absolute atomic E-state index is 13.1. The van der Waals surface area contributed by atoms with Gasteiger partial charge in [0.15, 0.2) is 11.6 Å². The number of aliphatic hydroxyl groups excluding tert-OH is 2. The lowest BCUT2D eigenvalue weighted by Crippen LogP contribution is -2.42. The molecular formula is C21H35N4O7P. The number of ether oxygens (including phenoxy) is 1. The van der Waals surface area contributed by atoms with Gasteiger partial charge in [-0.3, -0.25) is 9.09 Å². The Morgan fingerprint density at radius 2 is 1.79 bits per heavy atom. The normalized spacial score (nSPS) is 26.1. The van der Waals surface area contributed by atoms with Crippen LogP contribution in [0.2, 0.25) is 0 Å². The van der Waals surface area contributed by atoms with E-state index in [2.05, 4.69) is 9.97 Å². The van der Waals surface area contributed by atoms with Crippen LogP contribution in [0, 0.1) is 0 Å². The summed E-state index contributed by atoms with van der Waals surface area (Å²) in [5, 5.41) is 30.9. The molecular weight excluding hydrogens is 451 g/mol. The third-order valence-corrected chi connectivity index (χ3v) is 9.31. The summed E-state index contributed by atoms with van der Waals surface area (Å²) in [6, 6.07) is 1.70. The monoisotopic (exact) mass is 486 g/mol. The molecule has 12 heteroatoms. The summed E-state index contributed by atoms with van der Waals surface area (Å²) in [6.45, 7) is 6.85. The van der Waals surface area contributed by atoms with Gasteiger partial charge in [0.1, 0.15) is 30.0 Å². The lowest BCUT2D eigenvalue weighted by Gasteiger charge is -2.40. The molecule has 186 valence electrons. The molecule has 33 heavy (non-hydrogen) atoms. The van der Waals surface area contributed by atoms with Gasteiger partial charge >= 0.3 is 7.60 Å². The first-order valence-corrected chi connectivity index (χ1v) is 12.9. The molecule has 3 rings (SSSR count). The minimum atomic E-state index is -4.44. The van der Waals surface area contributed by atoms with Crippen LogP contribution >= 0.6 is 7.60 Å². The number of nitrogens with two attached hydrogens (primary N) is 1. The molecule has 0 amide bonds. The molecule has 1 aliphatic heterocycles. The van der Waals surface area contributed by atoms with Gasteiger partial charge in [-0.05, 0) is 31.7 Å². The highest BCUT2D eigenvalue weighted by molar-refractivity contribution is 7.54. The molecule has 5 atom stereocenters. The van der Waals surface area contributed by atoms with E-state index < -0.39 is 43.1 Å². The zero-order valence-corrected chi connectivity index (χ0v) is 20.4. The molecule has 11 nitrogen and oxygen atoms in total. The Labute approximate surface area is 193 Å². The Balaban J connectivity index is 1.87. The van der Waals surface area contributed by atoms with Gasteiger partial charge in [-0.2, -0.15) is 0 Å². The van der Waals surface area contributed by atoms with Crippen molar-refractivity contribution in [3.63, 3.8) is 0 Å². The van der Waals surface area contributed by atoms with E-state index in [1.165, 1.54) is 6.33 Å². The largest absolute Gasteiger partial charge is 0.388 e. The van der Waals surface area contributed by atoms with Crippen molar-refractivity contribution >= 4 is 24.4 Å². The standard InChI is InChI=1S/C21H35N4O7P/c1-5-20(6-2,32-33(29,30)21(28,7-3)8-4)11-14-15(26)16(27)19(31-14)25-10-9-13-17(22)23-12-24-18(13)25/h9-10,12,14-16,19,26-28H,5-8,11H2,1-4H3,(H,29,30)(H2,22,23,24). The van der Waals surface area contributed by atoms with Crippen molar-refractivity contribution in [2.75, 3.05) is 5.73 Å². The lowest BCUT2D eigenvalue weighted by atomic mass is 9.88. The number of anilines is 1. The number of rotatable bonds is 10. The van der Waals surface area contributed by atoms with Crippen molar-refractivity contribution in [2.24, 2.45) is 0 Å². The number of nitrogens with zero attached hydrogens (tertiary/aromatic N) is 3. The molecule has 1 saturated heterocycles. The summed E-state index contributed by atoms with van der Waals surface area (Å²) in [5.74, 6) is 0.283. The highest BCUT2D eigenvalue weighted by Crippen LogP contribution is 2.61. The fourth-order valence-electron chi connectivity index (χ4n) is 4.39. The van der Waals surface area contributed by atoms with E-state index in [1.807, 2.05) is 0 Å². The van der Waals surface area contributed by atoms with Gasteiger partial charge in [0.25, 0.3) is 0 Å². The van der Waals surface area contributed by atoms with Gasteiger partial charge in [0.05, 0.1) is 17.1 Å². The van der Waals surface area contributed by atoms with Crippen LogP contribution in [0.1, 0.15) is 66.0 Å². The number of fused-ring (bicyclic) bond motifs is 1. The van der Waals surface area contributed by atoms with Crippen molar-refractivity contribution in [1.29, 1.82) is 0 Å². The summed E-state index contributed by atoms with van der Waals surface area (Å²) >= 11 is 0. The Bertz CT molecular complexity index is 1010. The summed E-state index contributed by atoms with van der Waals surface area (Å²) in [7, 11) is -4.44. The van der Waals surface area contributed by atoms with Crippen LogP contribution in [0.15, 0.2) is 18.6 Å². The van der Waals surface area contributed by atoms with Crippen LogP contribution in [-0.2, 0) is 13.8 Å². The highest BCUT2D eigenvalue weighted by atomic mass is 31.2. The molecule has 0 aliphatic carbocycles. The van der Waals surface area contributed by atoms with Gasteiger partial charge in [0, 0.05) is 12.6 Å². The third kappa shape index (κ3) is 4.55. The minimum absolute atomic E-state index is 0.0408. The Kier molecular flexibility index (Phi) is 7.55. The van der Waals surface area contributed by atoms with Crippen molar-refractivity contribution in [2.45, 2.75) is 95.3 Å². The smallest absolute Gasteiger partial charge is 0.359 e. The molecule has 1 fully saturated rings. The molecule has 6 N–H and O–H groups in total. The van der Waals surface area contributed by atoms with Crippen LogP contribution in [0.4, 0.5) is 5.82 Å². The zero-order chi connectivity index (χ0) is 24.6. The van der Waals surface area contributed by atoms with Crippen LogP contribution in [-0.4, -0.2) is 64.0 Å². The average molecular weight is 487 g/mol. The van der Waals surface area contributed by atoms with Crippen LogP contribution in [0.3, 0.4) is 0 Å². The van der Waals surface area contributed by atoms with Gasteiger partial charge in [0.2, 0.25) is 0 Å². The highest BCUT2D eigenvalue weighted by Gasteiger charge is 2.52. The molecule has 0 spiro atoms. The van der Waals surface area contributed by atoms with E-state index in [9.17, 15) is 24.8 Å². The first kappa shape index (κ1) is 26.0. The van der Waals surface area contributed by atoms with E-state index >= 15 is 0 Å². The first-order chi connectivity index (χ1) is 15.5. The fourth-order valence-corrected chi connectivity index (χ4v) is 6.22. The van der Waals surface area contributed by atoms with Crippen molar-refractivity contribution < 1.29 is 34.0 Å². The summed E-state index contributed by atoms with van der Waals surface area (Å²) < 4.78 is 26.5. The molecule has 3 heterocycles. The molecule has 0 radical (unpaired) electrons. The quantitative estimate of drug-likeness (QED) is 0.314. The van der Waals surface area contributed by atoms with Gasteiger partial charge in [-0.15, -0.1) is 0 Å². The van der Waals surface area contributed by atoms with Crippen molar-refractivity contribution in [1.82, 2.24) is 14.5 Å². The Morgan fingerprint density at radius 3 is 2.36 bits per heavy atom. The zero-order valence-electron chi connectivity index (χ0n) is 19.5. The van der Waals surface area contributed by atoms with Gasteiger partial charge in [-0.25, -0.2) is 9.97 Å². The Morgan fingerprint density at radius 1 is 1.15 bits per heavy atom. The molecule has 1 aliphatic rings. The maximum Gasteiger partial charge on any atom is 0.359 e. The predicted molar refractivity (Wildman–Crippen MR) is 122 cm³/mol. The third-order valence-electron chi connectivity index (χ3n) is 6.99. The summed E-state index contributed by atoms with van der Waals surface area (Å²) in [6.07, 6.45) is -0.637. The number of aliphatic hydroxyl groups is 3. The van der Waals surface area contributed by atoms with E-state index in [0.717, 1.165) is 0 Å². The van der Waals surface area contributed by atoms with E-state index in [-0.39, 0.29) is 25.1 Å².